The molecule has 0 aliphatic rings. The van der Waals surface area contributed by atoms with Crippen molar-refractivity contribution in [3.63, 3.8) is 0 Å². The normalized spacial score (nSPS) is 10.4. The van der Waals surface area contributed by atoms with Gasteiger partial charge in [-0.2, -0.15) is 19.3 Å². The summed E-state index contributed by atoms with van der Waals surface area (Å²) in [5.74, 6) is -1.26. The lowest BCUT2D eigenvalue weighted by Crippen LogP contribution is -2.13. The Balaban J connectivity index is 0.000000183. The van der Waals surface area contributed by atoms with Crippen molar-refractivity contribution in [2.24, 2.45) is 0 Å². The van der Waals surface area contributed by atoms with Crippen molar-refractivity contribution in [2.45, 2.75) is 13.8 Å². The second-order valence-electron chi connectivity index (χ2n) is 25.5. The summed E-state index contributed by atoms with van der Waals surface area (Å²) >= 11 is 0. The third kappa shape index (κ3) is 30.0. The third-order valence-electron chi connectivity index (χ3n) is 15.8. The Hall–Kier alpha value is -15.5. The average molecular weight is 1630 g/mol. The van der Waals surface area contributed by atoms with Crippen LogP contribution in [0.15, 0.2) is 269 Å². The molecule has 0 saturated carbocycles. The number of benzene rings is 8. The molecule has 0 aliphatic heterocycles. The standard InChI is InChI=1S/C23H25FN6O.C22H21F2N5O3.C22H22FN5O3.C20H19N5O/c1-16-7-4-8-17(13-16)27-22-20(24)15-25-23(29-22)28-19-10-5-9-18(14-19)26-21(31)11-6-12-30(2)3;1-3-20(30)26-14-5-4-6-15(11-14)27-21-18(24)13-25-22(29-21)28-16-7-8-19(17(23)12-16)32-10-9-31-2;1-3-20(29)26-16-5-4-6-17(13-16)27-22-21(23)24-14-19(28-22)25-15-7-9-18(10-8-15)31-12-11-30-2;1-3-18(26)22-16-10-7-11-17(12-16)23-19-14(2)13-21-20(25-19)24-15-8-5-4-6-9-15/h4-11,13-15H,12H2,1-3H3,(H,26,31)(H2,25,27,28,29);3-8,11-13H,1,9-10H2,2H3,(H,26,30)(H2,25,27,28,29);3-10,13-14H,1,11-12H2,2H3,(H,26,29)(H2,25,27,28);3-13H,1H2,2H3,(H,22,26)(H2,21,23,24,25)/b11-6+;;;. The van der Waals surface area contributed by atoms with Crippen molar-refractivity contribution >= 4 is 139 Å². The minimum Gasteiger partial charge on any atom is -0.491 e. The number of aryl methyl sites for hydroxylation is 2. The van der Waals surface area contributed by atoms with E-state index in [4.69, 9.17) is 18.9 Å². The van der Waals surface area contributed by atoms with E-state index >= 15 is 0 Å². The molecule has 4 amide bonds. The maximum atomic E-state index is 14.2. The van der Waals surface area contributed by atoms with E-state index in [1.165, 1.54) is 43.7 Å². The van der Waals surface area contributed by atoms with Crippen LogP contribution in [0, 0.1) is 37.2 Å². The molecule has 8 aromatic carbocycles. The van der Waals surface area contributed by atoms with E-state index in [9.17, 15) is 36.7 Å². The molecule has 616 valence electrons. The predicted molar refractivity (Wildman–Crippen MR) is 463 cm³/mol. The maximum Gasteiger partial charge on any atom is 0.256 e. The maximum absolute atomic E-state index is 14.2. The first-order valence-corrected chi connectivity index (χ1v) is 36.7. The fourth-order valence-corrected chi connectivity index (χ4v) is 10.1. The first-order valence-electron chi connectivity index (χ1n) is 36.7. The lowest BCUT2D eigenvalue weighted by atomic mass is 10.2. The number of hydrogen-bond acceptors (Lipinski definition) is 25. The van der Waals surface area contributed by atoms with Gasteiger partial charge in [0.25, 0.3) is 5.95 Å². The molecule has 29 nitrogen and oxygen atoms in total. The van der Waals surface area contributed by atoms with Crippen LogP contribution < -0.4 is 73.3 Å². The van der Waals surface area contributed by atoms with Gasteiger partial charge in [0.2, 0.25) is 41.5 Å². The van der Waals surface area contributed by atoms with Gasteiger partial charge in [0.15, 0.2) is 46.5 Å². The summed E-state index contributed by atoms with van der Waals surface area (Å²) in [4.78, 5) is 81.4. The van der Waals surface area contributed by atoms with Crippen LogP contribution >= 0.6 is 0 Å². The number of likely N-dealkylation sites (N-methyl/N-ethyl adjacent to an activating group) is 1. The number of amides is 4. The topological polar surface area (TPSA) is 356 Å². The molecule has 120 heavy (non-hydrogen) atoms. The van der Waals surface area contributed by atoms with E-state index in [2.05, 4.69) is 123 Å². The Morgan fingerprint density at radius 3 is 1.28 bits per heavy atom. The van der Waals surface area contributed by atoms with Crippen LogP contribution in [0.4, 0.5) is 133 Å². The summed E-state index contributed by atoms with van der Waals surface area (Å²) in [5.41, 5.74) is 9.49. The van der Waals surface area contributed by atoms with Crippen molar-refractivity contribution in [3.05, 3.63) is 304 Å². The second kappa shape index (κ2) is 46.2. The molecule has 4 aromatic heterocycles. The number of rotatable bonds is 34. The monoisotopic (exact) mass is 1630 g/mol. The predicted octanol–water partition coefficient (Wildman–Crippen LogP) is 17.5. The summed E-state index contributed by atoms with van der Waals surface area (Å²) in [7, 11) is 6.99. The van der Waals surface area contributed by atoms with Crippen LogP contribution in [-0.2, 0) is 28.7 Å². The number of nitrogens with one attached hydrogen (secondary N) is 12. The van der Waals surface area contributed by atoms with Crippen LogP contribution in [-0.4, -0.2) is 130 Å². The minimum absolute atomic E-state index is 0.0532. The number of nitrogens with zero attached hydrogens (tertiary/aromatic N) is 9. The number of ether oxygens (including phenoxy) is 4. The smallest absolute Gasteiger partial charge is 0.256 e. The highest BCUT2D eigenvalue weighted by atomic mass is 19.1. The molecule has 12 rings (SSSR count). The number of methoxy groups -OCH3 is 2. The molecule has 33 heteroatoms. The van der Waals surface area contributed by atoms with Gasteiger partial charge >= 0.3 is 0 Å². The Bertz CT molecular complexity index is 5500. The molecule has 12 aromatic rings. The molecule has 0 atom stereocenters. The molecule has 0 aliphatic carbocycles. The zero-order chi connectivity index (χ0) is 85.6. The van der Waals surface area contributed by atoms with Crippen LogP contribution in [0.2, 0.25) is 0 Å². The van der Waals surface area contributed by atoms with E-state index in [1.54, 1.807) is 110 Å². The highest BCUT2D eigenvalue weighted by Gasteiger charge is 2.16. The van der Waals surface area contributed by atoms with Crippen LogP contribution in [0.3, 0.4) is 0 Å². The second-order valence-corrected chi connectivity index (χ2v) is 25.5. The molecular weight excluding hydrogens is 1540 g/mol. The molecular formula is C87H87F4N21O8. The van der Waals surface area contributed by atoms with Gasteiger partial charge in [-0.25, -0.2) is 38.1 Å². The number of aromatic nitrogens is 8. The fraction of sp³-hybridized carbons (Fsp3) is 0.126. The van der Waals surface area contributed by atoms with E-state index < -0.39 is 23.4 Å². The van der Waals surface area contributed by atoms with Crippen molar-refractivity contribution in [1.82, 2.24) is 44.8 Å². The molecule has 0 saturated heterocycles. The van der Waals surface area contributed by atoms with Gasteiger partial charge in [-0.15, -0.1) is 0 Å². The molecule has 0 fully saturated rings. The van der Waals surface area contributed by atoms with Gasteiger partial charge in [0, 0.05) is 113 Å². The number of carbonyl (C=O) groups is 4. The molecule has 0 unspecified atom stereocenters. The van der Waals surface area contributed by atoms with Gasteiger partial charge in [-0.05, 0) is 185 Å². The lowest BCUT2D eigenvalue weighted by Gasteiger charge is -2.12. The van der Waals surface area contributed by atoms with Crippen molar-refractivity contribution in [3.8, 4) is 11.5 Å². The largest absolute Gasteiger partial charge is 0.491 e. The molecule has 0 bridgehead atoms. The van der Waals surface area contributed by atoms with Gasteiger partial charge in [0.05, 0.1) is 31.8 Å². The highest BCUT2D eigenvalue weighted by molar-refractivity contribution is 6.01. The van der Waals surface area contributed by atoms with Gasteiger partial charge in [-0.3, -0.25) is 19.2 Å². The van der Waals surface area contributed by atoms with Crippen LogP contribution in [0.5, 0.6) is 11.5 Å². The van der Waals surface area contributed by atoms with E-state index in [0.29, 0.717) is 95.2 Å². The Morgan fingerprint density at radius 2 is 0.792 bits per heavy atom. The van der Waals surface area contributed by atoms with E-state index in [-0.39, 0.29) is 65.3 Å². The molecule has 4 heterocycles. The Morgan fingerprint density at radius 1 is 0.383 bits per heavy atom. The van der Waals surface area contributed by atoms with Crippen molar-refractivity contribution in [1.29, 1.82) is 0 Å². The fourth-order valence-electron chi connectivity index (χ4n) is 10.1. The van der Waals surface area contributed by atoms with Crippen LogP contribution in [0.25, 0.3) is 0 Å². The Kier molecular flexibility index (Phi) is 34.0. The zero-order valence-corrected chi connectivity index (χ0v) is 66.1. The summed E-state index contributed by atoms with van der Waals surface area (Å²) in [5, 5.41) is 34.8. The first kappa shape index (κ1) is 88.5. The number of para-hydroxylation sites is 1. The zero-order valence-electron chi connectivity index (χ0n) is 66.1. The number of halogens is 4. The SMILES string of the molecule is C=CC(=O)Nc1cccc(Nc2nc(Nc3ccc(OCCOC)c(F)c3)ncc2F)c1.C=CC(=O)Nc1cccc(Nc2nc(Nc3ccc(OCCOC)cc3)cnc2F)c1.C=CC(=O)Nc1cccc(Nc2nc(Nc3ccccc3)ncc2C)c1.Cc1cccc(Nc2nc(Nc3cccc(NC(=O)/C=C/CN(C)C)c3)ncc2F)c1. The molecule has 0 radical (unpaired) electrons. The third-order valence-corrected chi connectivity index (χ3v) is 15.8. The first-order chi connectivity index (χ1) is 58.1. The quantitative estimate of drug-likeness (QED) is 0.0101. The minimum atomic E-state index is -0.757. The van der Waals surface area contributed by atoms with Gasteiger partial charge in [-0.1, -0.05) is 80.4 Å². The summed E-state index contributed by atoms with van der Waals surface area (Å²) < 4.78 is 77.4. The van der Waals surface area contributed by atoms with Gasteiger partial charge in [0.1, 0.15) is 24.8 Å². The van der Waals surface area contributed by atoms with E-state index in [0.717, 1.165) is 52.3 Å². The summed E-state index contributed by atoms with van der Waals surface area (Å²) in [6.45, 7) is 16.3. The molecule has 12 N–H and O–H groups in total. The van der Waals surface area contributed by atoms with Crippen molar-refractivity contribution in [2.75, 3.05) is 125 Å². The lowest BCUT2D eigenvalue weighted by molar-refractivity contribution is -0.112. The summed E-state index contributed by atoms with van der Waals surface area (Å²) in [6, 6.07) is 56.7. The number of anilines is 20. The Labute approximate surface area is 690 Å². The number of hydrogen-bond donors (Lipinski definition) is 12. The highest BCUT2D eigenvalue weighted by Crippen LogP contribution is 2.30. The van der Waals surface area contributed by atoms with Crippen LogP contribution in [0.1, 0.15) is 11.1 Å². The van der Waals surface area contributed by atoms with Gasteiger partial charge < -0.3 is 87.6 Å². The number of carbonyl (C=O) groups excluding carboxylic acids is 4. The summed E-state index contributed by atoms with van der Waals surface area (Å²) in [6.07, 6.45) is 12.0. The van der Waals surface area contributed by atoms with E-state index in [1.807, 2.05) is 124 Å². The average Bonchev–Trinajstić information content (AvgIpc) is 0.927. The molecule has 0 spiro atoms. The van der Waals surface area contributed by atoms with Crippen molar-refractivity contribution < 1.29 is 55.7 Å².